The van der Waals surface area contributed by atoms with Crippen molar-refractivity contribution >= 4 is 44.7 Å². The molecule has 0 spiro atoms. The van der Waals surface area contributed by atoms with Crippen LogP contribution in [0.3, 0.4) is 0 Å². The number of fused-ring (bicyclic) bond motifs is 2. The molecule has 2 aromatic heterocycles. The number of aromatic nitrogens is 3. The molecule has 1 aromatic carbocycles. The lowest BCUT2D eigenvalue weighted by atomic mass is 10.0. The van der Waals surface area contributed by atoms with Crippen molar-refractivity contribution in [1.29, 1.82) is 0 Å². The Kier molecular flexibility index (Phi) is 4.89. The molecular formula is C21H22BrN5O2. The number of benzene rings is 1. The van der Waals surface area contributed by atoms with Crippen molar-refractivity contribution in [3.8, 4) is 5.88 Å². The first-order valence-corrected chi connectivity index (χ1v) is 10.6. The molecule has 0 bridgehead atoms. The minimum atomic E-state index is 0.473. The monoisotopic (exact) mass is 455 g/mol. The van der Waals surface area contributed by atoms with E-state index in [4.69, 9.17) is 20.2 Å². The van der Waals surface area contributed by atoms with Gasteiger partial charge in [-0.3, -0.25) is 0 Å². The first-order chi connectivity index (χ1) is 14.2. The molecule has 0 atom stereocenters. The first-order valence-electron chi connectivity index (χ1n) is 9.78. The van der Waals surface area contributed by atoms with Crippen molar-refractivity contribution in [2.24, 2.45) is 5.92 Å². The molecule has 4 heterocycles. The lowest BCUT2D eigenvalue weighted by Crippen LogP contribution is -2.22. The van der Waals surface area contributed by atoms with Crippen molar-refractivity contribution in [2.75, 3.05) is 37.4 Å². The molecule has 1 fully saturated rings. The molecule has 29 heavy (non-hydrogen) atoms. The Morgan fingerprint density at radius 1 is 1.28 bits per heavy atom. The highest BCUT2D eigenvalue weighted by molar-refractivity contribution is 9.10. The molecule has 1 saturated heterocycles. The van der Waals surface area contributed by atoms with Crippen molar-refractivity contribution in [3.63, 3.8) is 0 Å². The summed E-state index contributed by atoms with van der Waals surface area (Å²) in [5.41, 5.74) is 11.4. The Hall–Kier alpha value is -2.58. The molecule has 0 amide bonds. The predicted octanol–water partition coefficient (Wildman–Crippen LogP) is 3.85. The summed E-state index contributed by atoms with van der Waals surface area (Å²) < 4.78 is 13.8. The quantitative estimate of drug-likeness (QED) is 0.621. The van der Waals surface area contributed by atoms with E-state index in [1.807, 2.05) is 18.3 Å². The van der Waals surface area contributed by atoms with Gasteiger partial charge >= 0.3 is 0 Å². The lowest BCUT2D eigenvalue weighted by molar-refractivity contribution is 0.0489. The van der Waals surface area contributed by atoms with E-state index < -0.39 is 0 Å². The summed E-state index contributed by atoms with van der Waals surface area (Å²) in [6, 6.07) is 8.23. The third kappa shape index (κ3) is 3.47. The molecule has 0 unspecified atom stereocenters. The highest BCUT2D eigenvalue weighted by Gasteiger charge is 2.21. The molecule has 0 saturated carbocycles. The van der Waals surface area contributed by atoms with Crippen molar-refractivity contribution in [3.05, 3.63) is 46.1 Å². The van der Waals surface area contributed by atoms with Crippen LogP contribution in [0, 0.1) is 5.92 Å². The molecule has 7 nitrogen and oxygen atoms in total. The van der Waals surface area contributed by atoms with Gasteiger partial charge in [0.05, 0.1) is 12.8 Å². The Morgan fingerprint density at radius 2 is 2.10 bits per heavy atom. The number of nitrogen functional groups attached to an aromatic ring is 1. The molecule has 3 N–H and O–H groups in total. The van der Waals surface area contributed by atoms with Gasteiger partial charge in [-0.2, -0.15) is 14.6 Å². The van der Waals surface area contributed by atoms with Crippen LogP contribution in [0.25, 0.3) is 17.3 Å². The summed E-state index contributed by atoms with van der Waals surface area (Å²) >= 11 is 3.53. The summed E-state index contributed by atoms with van der Waals surface area (Å²) in [7, 11) is 0. The molecule has 2 aliphatic rings. The Balaban J connectivity index is 1.49. The highest BCUT2D eigenvalue weighted by atomic mass is 79.9. The van der Waals surface area contributed by atoms with E-state index in [9.17, 15) is 0 Å². The van der Waals surface area contributed by atoms with E-state index in [0.29, 0.717) is 40.9 Å². The van der Waals surface area contributed by atoms with Gasteiger partial charge in [-0.25, -0.2) is 0 Å². The lowest BCUT2D eigenvalue weighted by Gasteiger charge is -2.22. The number of anilines is 2. The Labute approximate surface area is 177 Å². The zero-order valence-corrected chi connectivity index (χ0v) is 17.5. The van der Waals surface area contributed by atoms with E-state index in [1.165, 1.54) is 0 Å². The maximum Gasteiger partial charge on any atom is 0.233 e. The molecule has 3 aromatic rings. The second kappa shape index (κ2) is 7.68. The van der Waals surface area contributed by atoms with Crippen LogP contribution in [-0.2, 0) is 4.74 Å². The van der Waals surface area contributed by atoms with Crippen molar-refractivity contribution in [1.82, 2.24) is 14.6 Å². The minimum Gasteiger partial charge on any atom is -0.476 e. The van der Waals surface area contributed by atoms with Gasteiger partial charge < -0.3 is 20.5 Å². The second-order valence-electron chi connectivity index (χ2n) is 7.39. The van der Waals surface area contributed by atoms with E-state index in [2.05, 4.69) is 44.6 Å². The van der Waals surface area contributed by atoms with Gasteiger partial charge in [0, 0.05) is 31.0 Å². The molecule has 150 valence electrons. The smallest absolute Gasteiger partial charge is 0.233 e. The van der Waals surface area contributed by atoms with Crippen LogP contribution in [0.15, 0.2) is 34.9 Å². The van der Waals surface area contributed by atoms with Gasteiger partial charge in [0.2, 0.25) is 5.88 Å². The first kappa shape index (κ1) is 18.4. The van der Waals surface area contributed by atoms with Gasteiger partial charge in [0.15, 0.2) is 5.65 Å². The molecule has 2 aliphatic heterocycles. The summed E-state index contributed by atoms with van der Waals surface area (Å²) in [4.78, 5) is 4.76. The summed E-state index contributed by atoms with van der Waals surface area (Å²) in [6.45, 7) is 2.89. The van der Waals surface area contributed by atoms with Crippen LogP contribution in [0.5, 0.6) is 5.88 Å². The van der Waals surface area contributed by atoms with Crippen LogP contribution in [0.4, 0.5) is 11.5 Å². The normalized spacial score (nSPS) is 16.9. The molecular weight excluding hydrogens is 434 g/mol. The fraction of sp³-hybridized carbons (Fsp3) is 0.333. The average molecular weight is 456 g/mol. The van der Waals surface area contributed by atoms with Crippen molar-refractivity contribution < 1.29 is 9.47 Å². The largest absolute Gasteiger partial charge is 0.476 e. The van der Waals surface area contributed by atoms with E-state index in [0.717, 1.165) is 48.4 Å². The summed E-state index contributed by atoms with van der Waals surface area (Å²) in [5.74, 6) is 1.46. The minimum absolute atomic E-state index is 0.473. The maximum absolute atomic E-state index is 6.33. The molecule has 0 radical (unpaired) electrons. The number of hydrogen-bond acceptors (Lipinski definition) is 6. The number of para-hydroxylation sites is 1. The Bertz CT molecular complexity index is 1090. The van der Waals surface area contributed by atoms with Gasteiger partial charge in [0.25, 0.3) is 0 Å². The van der Waals surface area contributed by atoms with Gasteiger partial charge in [-0.15, -0.1) is 0 Å². The number of hydrogen-bond donors (Lipinski definition) is 2. The van der Waals surface area contributed by atoms with Gasteiger partial charge in [-0.1, -0.05) is 18.2 Å². The average Bonchev–Trinajstić information content (AvgIpc) is 3.19. The third-order valence-electron chi connectivity index (χ3n) is 5.49. The fourth-order valence-electron chi connectivity index (χ4n) is 3.79. The van der Waals surface area contributed by atoms with Crippen LogP contribution < -0.4 is 15.8 Å². The number of nitrogens with two attached hydrogens (primary N) is 1. The van der Waals surface area contributed by atoms with Crippen LogP contribution in [0.1, 0.15) is 24.0 Å². The second-order valence-corrected chi connectivity index (χ2v) is 8.18. The fourth-order valence-corrected chi connectivity index (χ4v) is 4.16. The standard InChI is InChI=1S/C21H22BrN5O2/c22-18-19(23)27-20(26-21(18)29-12-13-5-7-28-8-6-13)16(11-25-27)15-9-14-3-1-2-4-17(14)24-10-15/h1-4,9,11,13,24H,5-8,10,12,23H2. The zero-order chi connectivity index (χ0) is 19.8. The van der Waals surface area contributed by atoms with Crippen LogP contribution in [0.2, 0.25) is 0 Å². The highest BCUT2D eigenvalue weighted by Crippen LogP contribution is 2.35. The number of halogens is 1. The Morgan fingerprint density at radius 3 is 2.97 bits per heavy atom. The summed E-state index contributed by atoms with van der Waals surface area (Å²) in [6.07, 6.45) is 6.00. The molecule has 0 aliphatic carbocycles. The summed E-state index contributed by atoms with van der Waals surface area (Å²) in [5, 5.41) is 7.92. The van der Waals surface area contributed by atoms with Crippen LogP contribution >= 0.6 is 15.9 Å². The van der Waals surface area contributed by atoms with E-state index in [1.54, 1.807) is 4.52 Å². The van der Waals surface area contributed by atoms with E-state index >= 15 is 0 Å². The van der Waals surface area contributed by atoms with Crippen LogP contribution in [-0.4, -0.2) is 41.0 Å². The van der Waals surface area contributed by atoms with Gasteiger partial charge in [0.1, 0.15) is 10.3 Å². The number of nitrogens with one attached hydrogen (secondary N) is 1. The number of nitrogens with zero attached hydrogens (tertiary/aromatic N) is 3. The van der Waals surface area contributed by atoms with Crippen molar-refractivity contribution in [2.45, 2.75) is 12.8 Å². The topological polar surface area (TPSA) is 86.7 Å². The maximum atomic E-state index is 6.33. The third-order valence-corrected chi connectivity index (χ3v) is 6.24. The molecule has 8 heteroatoms. The number of rotatable bonds is 4. The zero-order valence-electron chi connectivity index (χ0n) is 15.9. The van der Waals surface area contributed by atoms with Gasteiger partial charge in [-0.05, 0) is 58.0 Å². The predicted molar refractivity (Wildman–Crippen MR) is 117 cm³/mol. The van der Waals surface area contributed by atoms with E-state index in [-0.39, 0.29) is 0 Å². The molecule has 5 rings (SSSR count). The SMILES string of the molecule is Nc1c(Br)c(OCC2CCOCC2)nc2c(C3=Cc4ccccc4NC3)cnn12. The number of ether oxygens (including phenoxy) is 2.